The van der Waals surface area contributed by atoms with Crippen LogP contribution in [0.1, 0.15) is 56.6 Å². The summed E-state index contributed by atoms with van der Waals surface area (Å²) in [5.74, 6) is -1.11. The maximum atomic E-state index is 13.7. The molecule has 2 aromatic rings. The summed E-state index contributed by atoms with van der Waals surface area (Å²) in [6.45, 7) is 0.853. The zero-order valence-electron chi connectivity index (χ0n) is 21.9. The van der Waals surface area contributed by atoms with E-state index in [-0.39, 0.29) is 30.6 Å². The first-order chi connectivity index (χ1) is 18.3. The van der Waals surface area contributed by atoms with E-state index in [9.17, 15) is 31.2 Å². The van der Waals surface area contributed by atoms with Crippen LogP contribution in [0.3, 0.4) is 0 Å². The number of alkyl halides is 3. The van der Waals surface area contributed by atoms with Crippen molar-refractivity contribution in [2.45, 2.75) is 70.3 Å². The van der Waals surface area contributed by atoms with Gasteiger partial charge in [0.25, 0.3) is 0 Å². The molecule has 0 bridgehead atoms. The van der Waals surface area contributed by atoms with Crippen LogP contribution >= 0.6 is 11.6 Å². The predicted octanol–water partition coefficient (Wildman–Crippen LogP) is 5.38. The highest BCUT2D eigenvalue weighted by molar-refractivity contribution is 7.92. The highest BCUT2D eigenvalue weighted by Crippen LogP contribution is 2.32. The smallest absolute Gasteiger partial charge is 0.352 e. The molecule has 2 amide bonds. The molecule has 0 aromatic heterocycles. The Morgan fingerprint density at radius 3 is 2.33 bits per heavy atom. The van der Waals surface area contributed by atoms with Gasteiger partial charge in [-0.3, -0.25) is 13.9 Å². The van der Waals surface area contributed by atoms with Crippen molar-refractivity contribution in [1.29, 1.82) is 0 Å². The summed E-state index contributed by atoms with van der Waals surface area (Å²) in [6.07, 6.45) is 1.08. The van der Waals surface area contributed by atoms with Crippen LogP contribution in [0.4, 0.5) is 18.9 Å². The third-order valence-corrected chi connectivity index (χ3v) is 8.29. The van der Waals surface area contributed by atoms with Crippen LogP contribution in [0.15, 0.2) is 48.5 Å². The lowest BCUT2D eigenvalue weighted by atomic mass is 9.95. The quantitative estimate of drug-likeness (QED) is 0.404. The second-order valence-corrected chi connectivity index (χ2v) is 12.0. The molecule has 7 nitrogen and oxygen atoms in total. The van der Waals surface area contributed by atoms with E-state index in [2.05, 4.69) is 5.32 Å². The van der Waals surface area contributed by atoms with E-state index in [4.69, 9.17) is 11.6 Å². The van der Waals surface area contributed by atoms with Crippen LogP contribution < -0.4 is 9.62 Å². The van der Waals surface area contributed by atoms with E-state index in [1.165, 1.54) is 11.0 Å². The molecule has 0 spiro atoms. The van der Waals surface area contributed by atoms with Crippen molar-refractivity contribution < 1.29 is 31.2 Å². The Morgan fingerprint density at radius 2 is 1.74 bits per heavy atom. The van der Waals surface area contributed by atoms with Gasteiger partial charge in [-0.25, -0.2) is 8.42 Å². The number of carbonyl (C=O) groups is 2. The van der Waals surface area contributed by atoms with Gasteiger partial charge in [-0.15, -0.1) is 0 Å². The highest BCUT2D eigenvalue weighted by Gasteiger charge is 2.35. The minimum absolute atomic E-state index is 0.0183. The largest absolute Gasteiger partial charge is 0.416 e. The molecule has 0 aliphatic heterocycles. The first-order valence-electron chi connectivity index (χ1n) is 12.8. The number of benzene rings is 2. The summed E-state index contributed by atoms with van der Waals surface area (Å²) in [5, 5.41) is 3.38. The van der Waals surface area contributed by atoms with Crippen LogP contribution in [0, 0.1) is 0 Å². The van der Waals surface area contributed by atoms with Crippen LogP contribution in [0.25, 0.3) is 0 Å². The van der Waals surface area contributed by atoms with E-state index in [0.29, 0.717) is 21.0 Å². The van der Waals surface area contributed by atoms with Crippen molar-refractivity contribution in [3.05, 3.63) is 64.7 Å². The molecule has 0 unspecified atom stereocenters. The number of nitrogens with zero attached hydrogens (tertiary/aromatic N) is 2. The van der Waals surface area contributed by atoms with E-state index in [1.54, 1.807) is 31.2 Å². The van der Waals surface area contributed by atoms with Gasteiger partial charge in [-0.2, -0.15) is 13.2 Å². The molecule has 1 atom stereocenters. The van der Waals surface area contributed by atoms with Crippen LogP contribution in [-0.2, 0) is 32.3 Å². The van der Waals surface area contributed by atoms with Crippen molar-refractivity contribution in [3.8, 4) is 0 Å². The SMILES string of the molecule is CC[C@H](C(=O)NC1CCCCC1)N(Cc1ccccc1Cl)C(=O)CN(c1cccc(C(F)(F)F)c1)S(C)(=O)=O. The summed E-state index contributed by atoms with van der Waals surface area (Å²) in [5.41, 5.74) is -0.813. The Morgan fingerprint density at radius 1 is 1.08 bits per heavy atom. The zero-order chi connectivity index (χ0) is 28.8. The Labute approximate surface area is 232 Å². The minimum atomic E-state index is -4.70. The van der Waals surface area contributed by atoms with Gasteiger partial charge >= 0.3 is 6.18 Å². The van der Waals surface area contributed by atoms with Crippen molar-refractivity contribution in [2.75, 3.05) is 17.1 Å². The Kier molecular flexibility index (Phi) is 10.3. The molecule has 1 fully saturated rings. The maximum absolute atomic E-state index is 13.7. The lowest BCUT2D eigenvalue weighted by Gasteiger charge is -2.34. The lowest BCUT2D eigenvalue weighted by molar-refractivity contribution is -0.140. The second kappa shape index (κ2) is 13.0. The predicted molar refractivity (Wildman–Crippen MR) is 145 cm³/mol. The van der Waals surface area contributed by atoms with E-state index in [0.717, 1.165) is 50.5 Å². The lowest BCUT2D eigenvalue weighted by Crippen LogP contribution is -2.54. The van der Waals surface area contributed by atoms with E-state index < -0.39 is 40.3 Å². The van der Waals surface area contributed by atoms with Crippen LogP contribution in [-0.4, -0.2) is 50.0 Å². The van der Waals surface area contributed by atoms with Crippen LogP contribution in [0.5, 0.6) is 0 Å². The molecule has 1 aliphatic carbocycles. The van der Waals surface area contributed by atoms with Gasteiger partial charge in [0.1, 0.15) is 12.6 Å². The average Bonchev–Trinajstić information content (AvgIpc) is 2.87. The Balaban J connectivity index is 1.96. The standard InChI is InChI=1S/C27H33ClF3N3O4S/c1-3-24(26(36)32-21-12-5-4-6-13-21)33(17-19-10-7-8-15-23(19)28)25(35)18-34(39(2,37)38)22-14-9-11-20(16-22)27(29,30)31/h7-11,14-16,21,24H,3-6,12-13,17-18H2,1-2H3,(H,32,36)/t24-/m1/s1. The first kappa shape index (κ1) is 30.7. The van der Waals surface area contributed by atoms with Crippen molar-refractivity contribution in [1.82, 2.24) is 10.2 Å². The molecule has 39 heavy (non-hydrogen) atoms. The third-order valence-electron chi connectivity index (χ3n) is 6.78. The number of halogens is 4. The van der Waals surface area contributed by atoms with E-state index >= 15 is 0 Å². The second-order valence-electron chi connectivity index (χ2n) is 9.70. The molecule has 3 rings (SSSR count). The number of rotatable bonds is 10. The molecule has 0 heterocycles. The minimum Gasteiger partial charge on any atom is -0.352 e. The average molecular weight is 588 g/mol. The van der Waals surface area contributed by atoms with Gasteiger partial charge in [0.05, 0.1) is 17.5 Å². The van der Waals surface area contributed by atoms with Gasteiger partial charge in [-0.1, -0.05) is 62.1 Å². The van der Waals surface area contributed by atoms with Gasteiger partial charge in [0, 0.05) is 17.6 Å². The number of carbonyl (C=O) groups excluding carboxylic acids is 2. The highest BCUT2D eigenvalue weighted by atomic mass is 35.5. The summed E-state index contributed by atoms with van der Waals surface area (Å²) in [7, 11) is -4.17. The molecule has 1 aliphatic rings. The molecular formula is C27H33ClF3N3O4S. The molecule has 12 heteroatoms. The number of nitrogens with one attached hydrogen (secondary N) is 1. The molecule has 1 N–H and O–H groups in total. The van der Waals surface area contributed by atoms with Gasteiger partial charge < -0.3 is 10.2 Å². The van der Waals surface area contributed by atoms with Crippen molar-refractivity contribution in [3.63, 3.8) is 0 Å². The third kappa shape index (κ3) is 8.35. The van der Waals surface area contributed by atoms with Gasteiger partial charge in [0.2, 0.25) is 21.8 Å². The Bertz CT molecular complexity index is 1270. The topological polar surface area (TPSA) is 86.8 Å². The zero-order valence-corrected chi connectivity index (χ0v) is 23.5. The number of sulfonamides is 1. The normalized spacial score (nSPS) is 15.4. The molecule has 0 radical (unpaired) electrons. The fourth-order valence-corrected chi connectivity index (χ4v) is 5.76. The van der Waals surface area contributed by atoms with Crippen LogP contribution in [0.2, 0.25) is 5.02 Å². The monoisotopic (exact) mass is 587 g/mol. The summed E-state index contributed by atoms with van der Waals surface area (Å²) >= 11 is 6.34. The summed E-state index contributed by atoms with van der Waals surface area (Å²) < 4.78 is 66.0. The fourth-order valence-electron chi connectivity index (χ4n) is 4.73. The first-order valence-corrected chi connectivity index (χ1v) is 15.0. The fraction of sp³-hybridized carbons (Fsp3) is 0.481. The number of amides is 2. The van der Waals surface area contributed by atoms with Gasteiger partial charge in [-0.05, 0) is 49.1 Å². The maximum Gasteiger partial charge on any atom is 0.416 e. The van der Waals surface area contributed by atoms with Crippen molar-refractivity contribution >= 4 is 39.1 Å². The van der Waals surface area contributed by atoms with Gasteiger partial charge in [0.15, 0.2) is 0 Å². The van der Waals surface area contributed by atoms with E-state index in [1.807, 2.05) is 0 Å². The molecule has 2 aromatic carbocycles. The molecule has 0 saturated heterocycles. The number of anilines is 1. The Hall–Kier alpha value is -2.79. The molecule has 1 saturated carbocycles. The van der Waals surface area contributed by atoms with Crippen molar-refractivity contribution in [2.24, 2.45) is 0 Å². The summed E-state index contributed by atoms with van der Waals surface area (Å²) in [6, 6.07) is 9.56. The molecular weight excluding hydrogens is 555 g/mol. The summed E-state index contributed by atoms with van der Waals surface area (Å²) in [4.78, 5) is 28.4. The molecule has 214 valence electrons. The number of hydrogen-bond donors (Lipinski definition) is 1. The number of hydrogen-bond acceptors (Lipinski definition) is 4.